The Morgan fingerprint density at radius 3 is 2.28 bits per heavy atom. The second-order valence-electron chi connectivity index (χ2n) is 7.21. The number of likely N-dealkylation sites (tertiary alicyclic amines) is 1. The average Bonchev–Trinajstić information content (AvgIpc) is 3.16. The van der Waals surface area contributed by atoms with Crippen LogP contribution in [0.25, 0.3) is 5.69 Å². The van der Waals surface area contributed by atoms with Crippen molar-refractivity contribution in [3.05, 3.63) is 78.1 Å². The Labute approximate surface area is 170 Å². The number of hydrogen-bond acceptors (Lipinski definition) is 3. The Morgan fingerprint density at radius 2 is 1.59 bits per heavy atom. The van der Waals surface area contributed by atoms with Gasteiger partial charge in [0.15, 0.2) is 0 Å². The summed E-state index contributed by atoms with van der Waals surface area (Å²) in [6.45, 7) is 1.64. The van der Waals surface area contributed by atoms with Gasteiger partial charge >= 0.3 is 0 Å². The van der Waals surface area contributed by atoms with E-state index >= 15 is 0 Å². The lowest BCUT2D eigenvalue weighted by molar-refractivity contribution is 0.0761. The predicted octanol–water partition coefficient (Wildman–Crippen LogP) is 4.14. The minimum atomic E-state index is -0.220. The number of aromatic nitrogens is 2. The molecule has 0 atom stereocenters. The van der Waals surface area contributed by atoms with Crippen molar-refractivity contribution in [2.24, 2.45) is 0 Å². The van der Waals surface area contributed by atoms with E-state index in [0.29, 0.717) is 22.5 Å². The zero-order valence-corrected chi connectivity index (χ0v) is 16.3. The van der Waals surface area contributed by atoms with Crippen molar-refractivity contribution in [3.63, 3.8) is 0 Å². The number of rotatable bonds is 4. The molecule has 1 aliphatic heterocycles. The van der Waals surface area contributed by atoms with Crippen LogP contribution in [-0.4, -0.2) is 39.6 Å². The first-order chi connectivity index (χ1) is 14.2. The van der Waals surface area contributed by atoms with E-state index in [1.807, 2.05) is 29.2 Å². The molecule has 4 rings (SSSR count). The van der Waals surface area contributed by atoms with E-state index < -0.39 is 0 Å². The summed E-state index contributed by atoms with van der Waals surface area (Å²) in [6.07, 6.45) is 7.98. The van der Waals surface area contributed by atoms with Crippen LogP contribution in [0.5, 0.6) is 0 Å². The van der Waals surface area contributed by atoms with E-state index in [9.17, 15) is 9.59 Å². The quantitative estimate of drug-likeness (QED) is 0.730. The van der Waals surface area contributed by atoms with Crippen molar-refractivity contribution in [3.8, 4) is 5.69 Å². The molecule has 2 aromatic carbocycles. The van der Waals surface area contributed by atoms with E-state index in [0.717, 1.165) is 25.9 Å². The molecular weight excluding hydrogens is 364 g/mol. The Balaban J connectivity index is 1.47. The zero-order valence-electron chi connectivity index (χ0n) is 16.3. The molecular formula is C23H24N4O2. The van der Waals surface area contributed by atoms with Crippen LogP contribution in [-0.2, 0) is 0 Å². The van der Waals surface area contributed by atoms with Gasteiger partial charge in [0.25, 0.3) is 11.8 Å². The first-order valence-corrected chi connectivity index (χ1v) is 10.0. The highest BCUT2D eigenvalue weighted by Crippen LogP contribution is 2.18. The number of carbonyl (C=O) groups excluding carboxylic acids is 2. The number of amides is 2. The number of para-hydroxylation sites is 1. The van der Waals surface area contributed by atoms with Gasteiger partial charge in [0.05, 0.1) is 11.3 Å². The normalized spacial score (nSPS) is 14.3. The molecule has 1 N–H and O–H groups in total. The van der Waals surface area contributed by atoms with E-state index in [4.69, 9.17) is 0 Å². The third-order valence-corrected chi connectivity index (χ3v) is 5.18. The number of anilines is 1. The fourth-order valence-electron chi connectivity index (χ4n) is 3.63. The third-order valence-electron chi connectivity index (χ3n) is 5.18. The molecule has 0 saturated carbocycles. The van der Waals surface area contributed by atoms with Gasteiger partial charge in [0.1, 0.15) is 0 Å². The average molecular weight is 388 g/mol. The Bertz CT molecular complexity index is 972. The number of carbonyl (C=O) groups is 2. The third kappa shape index (κ3) is 4.37. The molecule has 0 radical (unpaired) electrons. The molecule has 3 aromatic rings. The topological polar surface area (TPSA) is 67.2 Å². The van der Waals surface area contributed by atoms with Crippen LogP contribution in [0.2, 0.25) is 0 Å². The van der Waals surface area contributed by atoms with E-state index in [1.54, 1.807) is 47.4 Å². The minimum Gasteiger partial charge on any atom is -0.339 e. The highest BCUT2D eigenvalue weighted by molar-refractivity contribution is 6.07. The Kier molecular flexibility index (Phi) is 5.70. The lowest BCUT2D eigenvalue weighted by Gasteiger charge is -2.20. The molecule has 1 aromatic heterocycles. The summed E-state index contributed by atoms with van der Waals surface area (Å²) in [4.78, 5) is 27.5. The summed E-state index contributed by atoms with van der Waals surface area (Å²) in [5.74, 6) is -0.156. The minimum absolute atomic E-state index is 0.0637. The standard InChI is InChI=1S/C23H24N4O2/c28-22(20-8-3-4-9-21(20)27-17-7-14-24-27)25-19-12-10-18(11-13-19)23(29)26-15-5-1-2-6-16-26/h3-4,7-14,17H,1-2,5-6,15-16H2,(H,25,28). The largest absolute Gasteiger partial charge is 0.339 e. The summed E-state index contributed by atoms with van der Waals surface area (Å²) in [6, 6.07) is 16.2. The van der Waals surface area contributed by atoms with Crippen molar-refractivity contribution in [1.82, 2.24) is 14.7 Å². The summed E-state index contributed by atoms with van der Waals surface area (Å²) in [5.41, 5.74) is 2.54. The van der Waals surface area contributed by atoms with Crippen LogP contribution in [0, 0.1) is 0 Å². The van der Waals surface area contributed by atoms with Gasteiger partial charge in [-0.15, -0.1) is 0 Å². The smallest absolute Gasteiger partial charge is 0.257 e. The van der Waals surface area contributed by atoms with Gasteiger partial charge < -0.3 is 10.2 Å². The molecule has 0 spiro atoms. The number of nitrogens with zero attached hydrogens (tertiary/aromatic N) is 3. The molecule has 1 fully saturated rings. The highest BCUT2D eigenvalue weighted by Gasteiger charge is 2.18. The van der Waals surface area contributed by atoms with Gasteiger partial charge in [-0.25, -0.2) is 4.68 Å². The summed E-state index contributed by atoms with van der Waals surface area (Å²) < 4.78 is 1.66. The van der Waals surface area contributed by atoms with E-state index in [1.165, 1.54) is 12.8 Å². The molecule has 2 amide bonds. The Morgan fingerprint density at radius 1 is 0.862 bits per heavy atom. The van der Waals surface area contributed by atoms with Crippen molar-refractivity contribution in [2.45, 2.75) is 25.7 Å². The molecule has 6 nitrogen and oxygen atoms in total. The van der Waals surface area contributed by atoms with Gasteiger partial charge in [-0.3, -0.25) is 9.59 Å². The SMILES string of the molecule is O=C(Nc1ccc(C(=O)N2CCCCCC2)cc1)c1ccccc1-n1cccn1. The highest BCUT2D eigenvalue weighted by atomic mass is 16.2. The molecule has 0 aliphatic carbocycles. The lowest BCUT2D eigenvalue weighted by Crippen LogP contribution is -2.31. The van der Waals surface area contributed by atoms with Crippen LogP contribution in [0.1, 0.15) is 46.4 Å². The van der Waals surface area contributed by atoms with Gasteiger partial charge in [-0.1, -0.05) is 25.0 Å². The fourth-order valence-corrected chi connectivity index (χ4v) is 3.63. The monoisotopic (exact) mass is 388 g/mol. The fraction of sp³-hybridized carbons (Fsp3) is 0.261. The van der Waals surface area contributed by atoms with Gasteiger partial charge in [-0.05, 0) is 55.3 Å². The van der Waals surface area contributed by atoms with Gasteiger partial charge in [0.2, 0.25) is 0 Å². The number of benzene rings is 2. The molecule has 1 aliphatic rings. The number of hydrogen-bond donors (Lipinski definition) is 1. The second-order valence-corrected chi connectivity index (χ2v) is 7.21. The first kappa shape index (κ1) is 18.9. The second kappa shape index (κ2) is 8.73. The first-order valence-electron chi connectivity index (χ1n) is 10.0. The Hall–Kier alpha value is -3.41. The van der Waals surface area contributed by atoms with Crippen LogP contribution >= 0.6 is 0 Å². The van der Waals surface area contributed by atoms with E-state index in [-0.39, 0.29) is 11.8 Å². The van der Waals surface area contributed by atoms with Gasteiger partial charge in [-0.2, -0.15) is 5.10 Å². The predicted molar refractivity (Wildman–Crippen MR) is 112 cm³/mol. The van der Waals surface area contributed by atoms with Crippen molar-refractivity contribution in [1.29, 1.82) is 0 Å². The maximum Gasteiger partial charge on any atom is 0.257 e. The van der Waals surface area contributed by atoms with Crippen molar-refractivity contribution < 1.29 is 9.59 Å². The van der Waals surface area contributed by atoms with Crippen LogP contribution in [0.3, 0.4) is 0 Å². The molecule has 1 saturated heterocycles. The maximum atomic E-state index is 12.8. The molecule has 148 valence electrons. The van der Waals surface area contributed by atoms with Crippen LogP contribution in [0.15, 0.2) is 67.0 Å². The summed E-state index contributed by atoms with van der Waals surface area (Å²) in [7, 11) is 0. The van der Waals surface area contributed by atoms with Crippen LogP contribution < -0.4 is 5.32 Å². The van der Waals surface area contributed by atoms with E-state index in [2.05, 4.69) is 10.4 Å². The molecule has 2 heterocycles. The molecule has 0 bridgehead atoms. The summed E-state index contributed by atoms with van der Waals surface area (Å²) in [5, 5.41) is 7.12. The van der Waals surface area contributed by atoms with Crippen molar-refractivity contribution in [2.75, 3.05) is 18.4 Å². The lowest BCUT2D eigenvalue weighted by atomic mass is 10.1. The van der Waals surface area contributed by atoms with Crippen molar-refractivity contribution >= 4 is 17.5 Å². The molecule has 0 unspecified atom stereocenters. The zero-order chi connectivity index (χ0) is 20.1. The van der Waals surface area contributed by atoms with Crippen LogP contribution in [0.4, 0.5) is 5.69 Å². The molecule has 29 heavy (non-hydrogen) atoms. The maximum absolute atomic E-state index is 12.8. The van der Waals surface area contributed by atoms with Gasteiger partial charge in [0, 0.05) is 36.7 Å². The molecule has 6 heteroatoms. The number of nitrogens with one attached hydrogen (secondary N) is 1. The summed E-state index contributed by atoms with van der Waals surface area (Å²) >= 11 is 0.